The number of nitriles is 1. The van der Waals surface area contributed by atoms with Gasteiger partial charge in [-0.25, -0.2) is 9.78 Å². The molecule has 3 N–H and O–H groups in total. The summed E-state index contributed by atoms with van der Waals surface area (Å²) in [5.74, 6) is -0.887. The molecule has 13 nitrogen and oxygen atoms in total. The first-order valence-corrected chi connectivity index (χ1v) is 16.2. The molecule has 1 aliphatic heterocycles. The number of carbonyl (C=O) groups excluding carboxylic acids is 2. The van der Waals surface area contributed by atoms with Crippen molar-refractivity contribution >= 4 is 45.8 Å². The smallest absolute Gasteiger partial charge is 0.339 e. The van der Waals surface area contributed by atoms with Gasteiger partial charge in [0.1, 0.15) is 29.2 Å². The molecule has 2 heterocycles. The topological polar surface area (TPSA) is 180 Å². The molecule has 1 saturated heterocycles. The fourth-order valence-corrected chi connectivity index (χ4v) is 6.77. The molecule has 1 fully saturated rings. The number of aromatic nitrogens is 1. The number of rotatable bonds is 14. The summed E-state index contributed by atoms with van der Waals surface area (Å²) in [6, 6.07) is 8.55. The Hall–Kier alpha value is -4.39. The third-order valence-corrected chi connectivity index (χ3v) is 9.13. The summed E-state index contributed by atoms with van der Waals surface area (Å²) in [5.41, 5.74) is 1.33. The summed E-state index contributed by atoms with van der Waals surface area (Å²) in [5, 5.41) is 39.9. The molecule has 1 aliphatic rings. The Kier molecular flexibility index (Phi) is 12.0. The van der Waals surface area contributed by atoms with Crippen LogP contribution in [0.3, 0.4) is 0 Å². The number of nitrogens with one attached hydrogen (secondary N) is 2. The minimum atomic E-state index is -0.789. The van der Waals surface area contributed by atoms with Crippen LogP contribution in [-0.4, -0.2) is 84.0 Å². The first-order valence-electron chi connectivity index (χ1n) is 14.2. The van der Waals surface area contributed by atoms with Gasteiger partial charge >= 0.3 is 5.97 Å². The van der Waals surface area contributed by atoms with Gasteiger partial charge in [0, 0.05) is 59.3 Å². The predicted molar refractivity (Wildman–Crippen MR) is 172 cm³/mol. The molecule has 1 atom stereocenters. The molecule has 0 bridgehead atoms. The molecule has 3 aromatic rings. The number of nitro groups is 1. The van der Waals surface area contributed by atoms with Crippen molar-refractivity contribution < 1.29 is 29.1 Å². The Morgan fingerprint density at radius 3 is 2.62 bits per heavy atom. The Morgan fingerprint density at radius 2 is 1.98 bits per heavy atom. The molecule has 4 rings (SSSR count). The number of thiazole rings is 1. The molecular weight excluding hydrogens is 620 g/mol. The summed E-state index contributed by atoms with van der Waals surface area (Å²) < 4.78 is 10.1. The number of likely N-dealkylation sites (tertiary alicyclic amines) is 1. The van der Waals surface area contributed by atoms with E-state index in [1.807, 2.05) is 6.07 Å². The van der Waals surface area contributed by atoms with Crippen LogP contribution in [0.4, 0.5) is 10.8 Å². The maximum absolute atomic E-state index is 13.4. The van der Waals surface area contributed by atoms with E-state index >= 15 is 0 Å². The van der Waals surface area contributed by atoms with E-state index in [4.69, 9.17) is 9.47 Å². The molecule has 0 unspecified atom stereocenters. The Balaban J connectivity index is 1.50. The zero-order valence-electron chi connectivity index (χ0n) is 24.9. The predicted octanol–water partition coefficient (Wildman–Crippen LogP) is 4.41. The van der Waals surface area contributed by atoms with Crippen LogP contribution < -0.4 is 15.4 Å². The fraction of sp³-hybridized carbons (Fsp3) is 0.400. The minimum Gasteiger partial charge on any atom is -0.507 e. The van der Waals surface area contributed by atoms with Gasteiger partial charge in [-0.05, 0) is 38.1 Å². The molecule has 15 heteroatoms. The lowest BCUT2D eigenvalue weighted by atomic mass is 10.0. The second-order valence-electron chi connectivity index (χ2n) is 10.2. The maximum Gasteiger partial charge on any atom is 0.339 e. The van der Waals surface area contributed by atoms with E-state index in [2.05, 4.69) is 20.5 Å². The van der Waals surface area contributed by atoms with Gasteiger partial charge in [0.2, 0.25) is 5.91 Å². The van der Waals surface area contributed by atoms with E-state index in [1.165, 1.54) is 61.9 Å². The number of amides is 1. The molecular formula is C30H34N6O7S2. The van der Waals surface area contributed by atoms with E-state index in [9.17, 15) is 30.1 Å². The van der Waals surface area contributed by atoms with Crippen LogP contribution in [-0.2, 0) is 15.3 Å². The first kappa shape index (κ1) is 33.5. The highest BCUT2D eigenvalue weighted by molar-refractivity contribution is 7.98. The maximum atomic E-state index is 13.4. The Bertz CT molecular complexity index is 1550. The number of aromatic hydroxyl groups is 1. The van der Waals surface area contributed by atoms with Crippen LogP contribution >= 0.6 is 23.1 Å². The number of non-ortho nitro benzene ring substituents is 1. The van der Waals surface area contributed by atoms with Crippen molar-refractivity contribution in [2.75, 3.05) is 51.5 Å². The van der Waals surface area contributed by atoms with E-state index < -0.39 is 16.9 Å². The van der Waals surface area contributed by atoms with E-state index in [0.29, 0.717) is 22.9 Å². The van der Waals surface area contributed by atoms with Crippen molar-refractivity contribution in [3.8, 4) is 28.8 Å². The zero-order valence-corrected chi connectivity index (χ0v) is 26.5. The van der Waals surface area contributed by atoms with Crippen molar-refractivity contribution in [2.45, 2.75) is 31.1 Å². The molecule has 238 valence electrons. The SMILES string of the molecule is COC(=O)c1c(C#N)c(OC)cc(O)c1CSC[C@H](Nc1nc(-c2ccc([N+](=O)[O-])cc2)cs1)C(=O)NCCN1CCCCC1. The molecule has 0 spiro atoms. The van der Waals surface area contributed by atoms with Crippen molar-refractivity contribution in [1.82, 2.24) is 15.2 Å². The van der Waals surface area contributed by atoms with Crippen molar-refractivity contribution in [1.29, 1.82) is 5.26 Å². The monoisotopic (exact) mass is 654 g/mol. The number of ether oxygens (including phenoxy) is 2. The highest BCUT2D eigenvalue weighted by Crippen LogP contribution is 2.36. The summed E-state index contributed by atoms with van der Waals surface area (Å²) >= 11 is 2.57. The average molecular weight is 655 g/mol. The number of thioether (sulfide) groups is 1. The highest BCUT2D eigenvalue weighted by atomic mass is 32.2. The number of hydrogen-bond acceptors (Lipinski definition) is 13. The summed E-state index contributed by atoms with van der Waals surface area (Å²) in [4.78, 5) is 43.5. The number of nitrogens with zero attached hydrogens (tertiary/aromatic N) is 4. The van der Waals surface area contributed by atoms with Gasteiger partial charge in [-0.3, -0.25) is 14.9 Å². The van der Waals surface area contributed by atoms with Gasteiger partial charge < -0.3 is 30.1 Å². The van der Waals surface area contributed by atoms with E-state index in [1.54, 1.807) is 17.5 Å². The molecule has 1 amide bonds. The van der Waals surface area contributed by atoms with E-state index in [0.717, 1.165) is 32.5 Å². The molecule has 45 heavy (non-hydrogen) atoms. The number of esters is 1. The first-order chi connectivity index (χ1) is 21.7. The lowest BCUT2D eigenvalue weighted by Gasteiger charge is -2.26. The summed E-state index contributed by atoms with van der Waals surface area (Å²) in [6.07, 6.45) is 3.52. The Labute approximate surface area is 268 Å². The number of phenolic OH excluding ortho intramolecular Hbond substituents is 1. The number of piperidine rings is 1. The molecule has 0 radical (unpaired) electrons. The van der Waals surface area contributed by atoms with E-state index in [-0.39, 0.29) is 51.3 Å². The van der Waals surface area contributed by atoms with Crippen molar-refractivity contribution in [3.63, 3.8) is 0 Å². The van der Waals surface area contributed by atoms with Gasteiger partial charge in [0.15, 0.2) is 5.13 Å². The standard InChI is InChI=1S/C30H34N6O7S2/c1-42-26-14-25(37)22(27(21(26)15-31)29(39)43-2)16-44-17-24(28(38)32-10-13-35-11-4-3-5-12-35)34-30-33-23(18-45-30)19-6-8-20(9-7-19)36(40)41/h6-9,14,18,24,37H,3-5,10-13,16-17H2,1-2H3,(H,32,38)(H,33,34)/t24-/m0/s1. The number of anilines is 1. The van der Waals surface area contributed by atoms with Gasteiger partial charge in [0.25, 0.3) is 5.69 Å². The largest absolute Gasteiger partial charge is 0.507 e. The van der Waals surface area contributed by atoms with Crippen molar-refractivity contribution in [2.24, 2.45) is 0 Å². The van der Waals surface area contributed by atoms with Gasteiger partial charge in [-0.2, -0.15) is 17.0 Å². The molecule has 2 aromatic carbocycles. The quantitative estimate of drug-likeness (QED) is 0.127. The lowest BCUT2D eigenvalue weighted by Crippen LogP contribution is -2.44. The highest BCUT2D eigenvalue weighted by Gasteiger charge is 2.26. The van der Waals surface area contributed by atoms with Crippen LogP contribution in [0.25, 0.3) is 11.3 Å². The van der Waals surface area contributed by atoms with Crippen LogP contribution in [0.1, 0.15) is 40.7 Å². The normalized spacial score (nSPS) is 13.8. The van der Waals surface area contributed by atoms with Gasteiger partial charge in [0.05, 0.1) is 30.4 Å². The number of hydrogen-bond donors (Lipinski definition) is 3. The molecule has 0 saturated carbocycles. The second kappa shape index (κ2) is 16.1. The van der Waals surface area contributed by atoms with Crippen LogP contribution in [0, 0.1) is 21.4 Å². The fourth-order valence-electron chi connectivity index (χ4n) is 4.91. The molecule has 0 aliphatic carbocycles. The molecule has 1 aromatic heterocycles. The lowest BCUT2D eigenvalue weighted by molar-refractivity contribution is -0.384. The van der Waals surface area contributed by atoms with Gasteiger partial charge in [-0.15, -0.1) is 11.3 Å². The zero-order chi connectivity index (χ0) is 32.3. The number of carbonyl (C=O) groups is 2. The third-order valence-electron chi connectivity index (χ3n) is 7.30. The number of nitro benzene ring substituents is 1. The van der Waals surface area contributed by atoms with Crippen molar-refractivity contribution in [3.05, 3.63) is 62.5 Å². The van der Waals surface area contributed by atoms with Crippen LogP contribution in [0.2, 0.25) is 0 Å². The number of methoxy groups -OCH3 is 2. The number of phenols is 1. The Morgan fingerprint density at radius 1 is 1.24 bits per heavy atom. The minimum absolute atomic E-state index is 0.0224. The average Bonchev–Trinajstić information content (AvgIpc) is 3.53. The van der Waals surface area contributed by atoms with Gasteiger partial charge in [-0.1, -0.05) is 6.42 Å². The summed E-state index contributed by atoms with van der Waals surface area (Å²) in [6.45, 7) is 3.24. The third kappa shape index (κ3) is 8.62. The number of benzene rings is 2. The summed E-state index contributed by atoms with van der Waals surface area (Å²) in [7, 11) is 2.51. The van der Waals surface area contributed by atoms with Crippen LogP contribution in [0.5, 0.6) is 11.5 Å². The van der Waals surface area contributed by atoms with Crippen LogP contribution in [0.15, 0.2) is 35.7 Å². The second-order valence-corrected chi connectivity index (χ2v) is 12.1.